The second-order valence-corrected chi connectivity index (χ2v) is 5.65. The van der Waals surface area contributed by atoms with Gasteiger partial charge in [0.1, 0.15) is 0 Å². The number of aromatic nitrogens is 4. The number of para-hydroxylation sites is 1. The maximum Gasteiger partial charge on any atom is 0.0645 e. The van der Waals surface area contributed by atoms with Crippen LogP contribution >= 0.6 is 0 Å². The third kappa shape index (κ3) is 3.62. The zero-order valence-electron chi connectivity index (χ0n) is 13.0. The molecule has 5 nitrogen and oxygen atoms in total. The first-order valence-electron chi connectivity index (χ1n) is 7.52. The molecule has 5 heteroatoms. The molecule has 1 atom stereocenters. The van der Waals surface area contributed by atoms with Crippen LogP contribution in [0.1, 0.15) is 18.1 Å². The van der Waals surface area contributed by atoms with Gasteiger partial charge in [-0.05, 0) is 31.5 Å². The predicted octanol–water partition coefficient (Wildman–Crippen LogP) is 2.56. The van der Waals surface area contributed by atoms with E-state index in [1.807, 2.05) is 52.1 Å². The molecule has 1 N–H and O–H groups in total. The van der Waals surface area contributed by atoms with Gasteiger partial charge >= 0.3 is 0 Å². The lowest BCUT2D eigenvalue weighted by Gasteiger charge is -2.13. The molecule has 114 valence electrons. The second-order valence-electron chi connectivity index (χ2n) is 5.65. The van der Waals surface area contributed by atoms with E-state index in [2.05, 4.69) is 41.8 Å². The van der Waals surface area contributed by atoms with Crippen molar-refractivity contribution >= 4 is 0 Å². The van der Waals surface area contributed by atoms with E-state index >= 15 is 0 Å². The second kappa shape index (κ2) is 6.58. The van der Waals surface area contributed by atoms with Gasteiger partial charge in [0.05, 0.1) is 24.6 Å². The van der Waals surface area contributed by atoms with E-state index < -0.39 is 0 Å². The summed E-state index contributed by atoms with van der Waals surface area (Å²) in [6.07, 6.45) is 7.92. The summed E-state index contributed by atoms with van der Waals surface area (Å²) < 4.78 is 3.87. The molecule has 0 aliphatic carbocycles. The van der Waals surface area contributed by atoms with Crippen LogP contribution in [-0.2, 0) is 13.1 Å². The van der Waals surface area contributed by atoms with Crippen molar-refractivity contribution in [2.75, 3.05) is 0 Å². The van der Waals surface area contributed by atoms with E-state index in [1.165, 1.54) is 11.1 Å². The van der Waals surface area contributed by atoms with Gasteiger partial charge in [-0.1, -0.05) is 18.2 Å². The van der Waals surface area contributed by atoms with E-state index in [1.54, 1.807) is 0 Å². The van der Waals surface area contributed by atoms with Crippen molar-refractivity contribution in [3.8, 4) is 5.69 Å². The molecule has 2 aromatic heterocycles. The highest BCUT2D eigenvalue weighted by Gasteiger charge is 2.05. The molecule has 1 aromatic carbocycles. The van der Waals surface area contributed by atoms with Crippen molar-refractivity contribution in [2.24, 2.45) is 0 Å². The molecule has 3 aromatic rings. The summed E-state index contributed by atoms with van der Waals surface area (Å²) in [5, 5.41) is 12.2. The highest BCUT2D eigenvalue weighted by atomic mass is 15.3. The Morgan fingerprint density at radius 2 is 1.91 bits per heavy atom. The number of nitrogens with zero attached hydrogens (tertiary/aromatic N) is 4. The van der Waals surface area contributed by atoms with Gasteiger partial charge < -0.3 is 5.32 Å². The number of aryl methyl sites for hydroxylation is 1. The van der Waals surface area contributed by atoms with Crippen LogP contribution in [0.25, 0.3) is 5.69 Å². The molecule has 0 unspecified atom stereocenters. The summed E-state index contributed by atoms with van der Waals surface area (Å²) in [6, 6.07) is 10.5. The minimum Gasteiger partial charge on any atom is -0.308 e. The van der Waals surface area contributed by atoms with Crippen LogP contribution in [0.4, 0.5) is 0 Å². The number of rotatable bonds is 6. The maximum atomic E-state index is 4.41. The van der Waals surface area contributed by atoms with Gasteiger partial charge in [0.2, 0.25) is 0 Å². The zero-order chi connectivity index (χ0) is 15.4. The summed E-state index contributed by atoms with van der Waals surface area (Å²) in [7, 11) is 0. The summed E-state index contributed by atoms with van der Waals surface area (Å²) in [5.41, 5.74) is 3.44. The Morgan fingerprint density at radius 1 is 1.09 bits per heavy atom. The summed E-state index contributed by atoms with van der Waals surface area (Å²) >= 11 is 0. The first-order chi connectivity index (χ1) is 10.7. The minimum absolute atomic E-state index is 0.347. The number of hydrogen-bond donors (Lipinski definition) is 1. The molecule has 0 saturated carbocycles. The average molecular weight is 295 g/mol. The monoisotopic (exact) mass is 295 g/mol. The zero-order valence-corrected chi connectivity index (χ0v) is 13.0. The van der Waals surface area contributed by atoms with E-state index in [9.17, 15) is 0 Å². The van der Waals surface area contributed by atoms with Gasteiger partial charge in [-0.15, -0.1) is 0 Å². The highest BCUT2D eigenvalue weighted by molar-refractivity contribution is 5.30. The Hall–Kier alpha value is -2.40. The molecule has 22 heavy (non-hydrogen) atoms. The van der Waals surface area contributed by atoms with Gasteiger partial charge in [-0.3, -0.25) is 4.68 Å². The molecule has 0 bridgehead atoms. The van der Waals surface area contributed by atoms with E-state index in [0.29, 0.717) is 6.04 Å². The molecule has 0 fully saturated rings. The molecular weight excluding hydrogens is 274 g/mol. The Labute approximate surface area is 130 Å². The van der Waals surface area contributed by atoms with E-state index in [0.717, 1.165) is 18.8 Å². The summed E-state index contributed by atoms with van der Waals surface area (Å²) in [6.45, 7) is 5.88. The van der Waals surface area contributed by atoms with Gasteiger partial charge in [-0.2, -0.15) is 10.2 Å². The molecule has 2 heterocycles. The molecule has 0 saturated heterocycles. The smallest absolute Gasteiger partial charge is 0.0645 e. The number of nitrogens with one attached hydrogen (secondary N) is 1. The predicted molar refractivity (Wildman–Crippen MR) is 86.8 cm³/mol. The van der Waals surface area contributed by atoms with Crippen molar-refractivity contribution in [3.63, 3.8) is 0 Å². The summed E-state index contributed by atoms with van der Waals surface area (Å²) in [5.74, 6) is 0. The van der Waals surface area contributed by atoms with Crippen molar-refractivity contribution in [1.82, 2.24) is 24.9 Å². The molecular formula is C17H21N5. The van der Waals surface area contributed by atoms with E-state index in [4.69, 9.17) is 0 Å². The molecule has 0 aliphatic rings. The lowest BCUT2D eigenvalue weighted by Crippen LogP contribution is -2.30. The molecule has 3 rings (SSSR count). The van der Waals surface area contributed by atoms with Crippen LogP contribution in [0, 0.1) is 6.92 Å². The van der Waals surface area contributed by atoms with Gasteiger partial charge in [0.25, 0.3) is 0 Å². The molecule has 0 spiro atoms. The van der Waals surface area contributed by atoms with Crippen molar-refractivity contribution in [2.45, 2.75) is 33.0 Å². The summed E-state index contributed by atoms with van der Waals surface area (Å²) in [4.78, 5) is 0. The topological polar surface area (TPSA) is 47.7 Å². The van der Waals surface area contributed by atoms with Crippen LogP contribution in [0.15, 0.2) is 55.1 Å². The molecule has 0 radical (unpaired) electrons. The van der Waals surface area contributed by atoms with Gasteiger partial charge in [-0.25, -0.2) is 4.68 Å². The highest BCUT2D eigenvalue weighted by Crippen LogP contribution is 2.07. The fraction of sp³-hybridized carbons (Fsp3) is 0.294. The molecule has 0 aliphatic heterocycles. The fourth-order valence-electron chi connectivity index (χ4n) is 2.38. The fourth-order valence-corrected chi connectivity index (χ4v) is 2.38. The van der Waals surface area contributed by atoms with E-state index in [-0.39, 0.29) is 0 Å². The first-order valence-corrected chi connectivity index (χ1v) is 7.52. The van der Waals surface area contributed by atoms with Gasteiger partial charge in [0, 0.05) is 30.5 Å². The first kappa shape index (κ1) is 14.5. The van der Waals surface area contributed by atoms with Crippen molar-refractivity contribution < 1.29 is 0 Å². The maximum absolute atomic E-state index is 4.41. The Morgan fingerprint density at radius 3 is 2.64 bits per heavy atom. The number of hydrogen-bond acceptors (Lipinski definition) is 3. The largest absolute Gasteiger partial charge is 0.308 e. The normalized spacial score (nSPS) is 12.5. The standard InChI is InChI=1S/C17H21N5/c1-14-8-19-21(11-14)12-15(2)18-9-16-10-20-22(13-16)17-6-4-3-5-7-17/h3-8,10-11,13,15,18H,9,12H2,1-2H3/t15-/m0/s1. The third-order valence-corrected chi connectivity index (χ3v) is 3.53. The Bertz CT molecular complexity index is 713. The molecule has 0 amide bonds. The van der Waals surface area contributed by atoms with Crippen LogP contribution in [0.3, 0.4) is 0 Å². The van der Waals surface area contributed by atoms with Gasteiger partial charge in [0.15, 0.2) is 0 Å². The van der Waals surface area contributed by atoms with Crippen molar-refractivity contribution in [1.29, 1.82) is 0 Å². The van der Waals surface area contributed by atoms with Crippen LogP contribution < -0.4 is 5.32 Å². The lowest BCUT2D eigenvalue weighted by molar-refractivity contribution is 0.450. The number of benzene rings is 1. The Kier molecular flexibility index (Phi) is 4.34. The van der Waals surface area contributed by atoms with Crippen LogP contribution in [0.5, 0.6) is 0 Å². The average Bonchev–Trinajstić information content (AvgIpc) is 3.15. The third-order valence-electron chi connectivity index (χ3n) is 3.53. The van der Waals surface area contributed by atoms with Crippen LogP contribution in [-0.4, -0.2) is 25.6 Å². The quantitative estimate of drug-likeness (QED) is 0.760. The SMILES string of the molecule is Cc1cnn(C[C@H](C)NCc2cnn(-c3ccccc3)c2)c1. The lowest BCUT2D eigenvalue weighted by atomic mass is 10.3. The van der Waals surface area contributed by atoms with Crippen LogP contribution in [0.2, 0.25) is 0 Å². The Balaban J connectivity index is 1.54. The van der Waals surface area contributed by atoms with Crippen molar-refractivity contribution in [3.05, 3.63) is 66.2 Å². The minimum atomic E-state index is 0.347.